The van der Waals surface area contributed by atoms with Crippen LogP contribution in [-0.2, 0) is 0 Å². The zero-order valence-corrected chi connectivity index (χ0v) is 7.27. The van der Waals surface area contributed by atoms with Crippen LogP contribution >= 0.6 is 0 Å². The van der Waals surface area contributed by atoms with Crippen molar-refractivity contribution in [1.29, 1.82) is 0 Å². The second-order valence-corrected chi connectivity index (χ2v) is 3.60. The molecule has 0 amide bonds. The lowest BCUT2D eigenvalue weighted by Crippen LogP contribution is -1.94. The topological polar surface area (TPSA) is 43.8 Å². The highest BCUT2D eigenvalue weighted by Crippen LogP contribution is 2.38. The third-order valence-electron chi connectivity index (χ3n) is 2.57. The molecule has 1 aliphatic rings. The van der Waals surface area contributed by atoms with E-state index >= 15 is 0 Å². The van der Waals surface area contributed by atoms with Gasteiger partial charge in [0.05, 0.1) is 23.0 Å². The van der Waals surface area contributed by atoms with Crippen molar-refractivity contribution in [1.82, 2.24) is 9.55 Å². The standard InChI is InChI=1S/C10H11N3/c11-8-2-1-3-9-10(8)13(6-12-9)7-4-5-7/h1-3,6-7H,4-5,11H2. The van der Waals surface area contributed by atoms with Crippen LogP contribution in [0.15, 0.2) is 24.5 Å². The van der Waals surface area contributed by atoms with E-state index < -0.39 is 0 Å². The highest BCUT2D eigenvalue weighted by atomic mass is 15.1. The number of imidazole rings is 1. The second kappa shape index (κ2) is 2.25. The Kier molecular flexibility index (Phi) is 1.20. The lowest BCUT2D eigenvalue weighted by molar-refractivity contribution is 0.766. The Morgan fingerprint density at radius 3 is 3.00 bits per heavy atom. The fraction of sp³-hybridized carbons (Fsp3) is 0.300. The average Bonchev–Trinajstić information content (AvgIpc) is 2.87. The van der Waals surface area contributed by atoms with Crippen LogP contribution in [0.5, 0.6) is 0 Å². The lowest BCUT2D eigenvalue weighted by atomic mass is 10.2. The Labute approximate surface area is 76.2 Å². The second-order valence-electron chi connectivity index (χ2n) is 3.60. The maximum atomic E-state index is 5.91. The van der Waals surface area contributed by atoms with E-state index in [1.54, 1.807) is 0 Å². The van der Waals surface area contributed by atoms with Crippen LogP contribution in [0.3, 0.4) is 0 Å². The molecule has 0 bridgehead atoms. The monoisotopic (exact) mass is 173 g/mol. The fourth-order valence-corrected chi connectivity index (χ4v) is 1.75. The van der Waals surface area contributed by atoms with Crippen LogP contribution in [-0.4, -0.2) is 9.55 Å². The number of nitrogen functional groups attached to an aromatic ring is 1. The van der Waals surface area contributed by atoms with Gasteiger partial charge in [0.25, 0.3) is 0 Å². The molecule has 13 heavy (non-hydrogen) atoms. The summed E-state index contributed by atoms with van der Waals surface area (Å²) < 4.78 is 2.20. The van der Waals surface area contributed by atoms with E-state index in [1.165, 1.54) is 12.8 Å². The van der Waals surface area contributed by atoms with Gasteiger partial charge in [0.15, 0.2) is 0 Å². The van der Waals surface area contributed by atoms with Crippen LogP contribution in [0.2, 0.25) is 0 Å². The molecule has 3 nitrogen and oxygen atoms in total. The summed E-state index contributed by atoms with van der Waals surface area (Å²) in [6.45, 7) is 0. The molecule has 1 fully saturated rings. The molecule has 1 saturated carbocycles. The van der Waals surface area contributed by atoms with Gasteiger partial charge in [-0.15, -0.1) is 0 Å². The molecule has 0 atom stereocenters. The molecule has 2 N–H and O–H groups in total. The van der Waals surface area contributed by atoms with Crippen LogP contribution in [0.25, 0.3) is 11.0 Å². The predicted molar refractivity (Wildman–Crippen MR) is 52.4 cm³/mol. The number of hydrogen-bond donors (Lipinski definition) is 1. The van der Waals surface area contributed by atoms with Gasteiger partial charge in [0.1, 0.15) is 0 Å². The molecular formula is C10H11N3. The first-order valence-corrected chi connectivity index (χ1v) is 4.57. The molecule has 3 rings (SSSR count). The summed E-state index contributed by atoms with van der Waals surface area (Å²) in [5.41, 5.74) is 8.85. The van der Waals surface area contributed by atoms with Crippen molar-refractivity contribution < 1.29 is 0 Å². The van der Waals surface area contributed by atoms with Crippen LogP contribution in [0, 0.1) is 0 Å². The van der Waals surface area contributed by atoms with E-state index in [4.69, 9.17) is 5.73 Å². The Bertz CT molecular complexity index is 454. The maximum Gasteiger partial charge on any atom is 0.0961 e. The van der Waals surface area contributed by atoms with Crippen molar-refractivity contribution in [3.63, 3.8) is 0 Å². The minimum atomic E-state index is 0.648. The number of benzene rings is 1. The molecular weight excluding hydrogens is 162 g/mol. The quantitative estimate of drug-likeness (QED) is 0.670. The molecule has 2 aromatic rings. The minimum Gasteiger partial charge on any atom is -0.397 e. The van der Waals surface area contributed by atoms with Crippen LogP contribution in [0.1, 0.15) is 18.9 Å². The average molecular weight is 173 g/mol. The molecule has 1 aliphatic carbocycles. The van der Waals surface area contributed by atoms with Gasteiger partial charge in [0, 0.05) is 6.04 Å². The highest BCUT2D eigenvalue weighted by Gasteiger charge is 2.25. The van der Waals surface area contributed by atoms with Crippen molar-refractivity contribution in [2.24, 2.45) is 0 Å². The lowest BCUT2D eigenvalue weighted by Gasteiger charge is -2.02. The Morgan fingerprint density at radius 2 is 2.23 bits per heavy atom. The summed E-state index contributed by atoms with van der Waals surface area (Å²) in [6, 6.07) is 6.53. The number of fused-ring (bicyclic) bond motifs is 1. The number of aromatic nitrogens is 2. The molecule has 1 heterocycles. The van der Waals surface area contributed by atoms with E-state index in [-0.39, 0.29) is 0 Å². The summed E-state index contributed by atoms with van der Waals surface area (Å²) in [5, 5.41) is 0. The third-order valence-corrected chi connectivity index (χ3v) is 2.57. The largest absolute Gasteiger partial charge is 0.397 e. The fourth-order valence-electron chi connectivity index (χ4n) is 1.75. The Balaban J connectivity index is 2.34. The van der Waals surface area contributed by atoms with E-state index in [2.05, 4.69) is 9.55 Å². The summed E-state index contributed by atoms with van der Waals surface area (Å²) in [4.78, 5) is 4.32. The number of nitrogens with two attached hydrogens (primary N) is 1. The van der Waals surface area contributed by atoms with Gasteiger partial charge in [0.2, 0.25) is 0 Å². The van der Waals surface area contributed by atoms with Crippen molar-refractivity contribution in [3.8, 4) is 0 Å². The highest BCUT2D eigenvalue weighted by molar-refractivity contribution is 5.87. The maximum absolute atomic E-state index is 5.91. The molecule has 1 aromatic carbocycles. The van der Waals surface area contributed by atoms with E-state index in [0.29, 0.717) is 6.04 Å². The van der Waals surface area contributed by atoms with Gasteiger partial charge < -0.3 is 10.3 Å². The zero-order valence-electron chi connectivity index (χ0n) is 7.27. The molecule has 0 radical (unpaired) electrons. The Hall–Kier alpha value is -1.51. The third kappa shape index (κ3) is 0.932. The molecule has 0 saturated heterocycles. The number of para-hydroxylation sites is 1. The molecule has 1 aromatic heterocycles. The van der Waals surface area contributed by atoms with Gasteiger partial charge in [-0.25, -0.2) is 4.98 Å². The summed E-state index contributed by atoms with van der Waals surface area (Å²) in [5.74, 6) is 0. The van der Waals surface area contributed by atoms with Crippen molar-refractivity contribution in [2.75, 3.05) is 5.73 Å². The first-order chi connectivity index (χ1) is 6.36. The summed E-state index contributed by atoms with van der Waals surface area (Å²) >= 11 is 0. The zero-order chi connectivity index (χ0) is 8.84. The SMILES string of the molecule is Nc1cccc2ncn(C3CC3)c12. The minimum absolute atomic E-state index is 0.648. The first-order valence-electron chi connectivity index (χ1n) is 4.57. The molecule has 3 heteroatoms. The van der Waals surface area contributed by atoms with E-state index in [0.717, 1.165) is 16.7 Å². The number of hydrogen-bond acceptors (Lipinski definition) is 2. The smallest absolute Gasteiger partial charge is 0.0961 e. The van der Waals surface area contributed by atoms with Crippen molar-refractivity contribution in [2.45, 2.75) is 18.9 Å². The van der Waals surface area contributed by atoms with Crippen molar-refractivity contribution >= 4 is 16.7 Å². The number of anilines is 1. The van der Waals surface area contributed by atoms with Gasteiger partial charge in [-0.1, -0.05) is 6.07 Å². The van der Waals surface area contributed by atoms with Gasteiger partial charge in [-0.05, 0) is 25.0 Å². The normalized spacial score (nSPS) is 16.6. The number of nitrogens with zero attached hydrogens (tertiary/aromatic N) is 2. The van der Waals surface area contributed by atoms with Crippen molar-refractivity contribution in [3.05, 3.63) is 24.5 Å². The molecule has 66 valence electrons. The van der Waals surface area contributed by atoms with E-state index in [9.17, 15) is 0 Å². The summed E-state index contributed by atoms with van der Waals surface area (Å²) in [6.07, 6.45) is 4.43. The van der Waals surface area contributed by atoms with Gasteiger partial charge in [-0.2, -0.15) is 0 Å². The van der Waals surface area contributed by atoms with Gasteiger partial charge >= 0.3 is 0 Å². The first kappa shape index (κ1) is 6.95. The molecule has 0 aliphatic heterocycles. The predicted octanol–water partition coefficient (Wildman–Crippen LogP) is 1.95. The molecule has 0 spiro atoms. The Morgan fingerprint density at radius 1 is 1.38 bits per heavy atom. The van der Waals surface area contributed by atoms with Gasteiger partial charge in [-0.3, -0.25) is 0 Å². The van der Waals surface area contributed by atoms with Crippen LogP contribution < -0.4 is 5.73 Å². The number of rotatable bonds is 1. The van der Waals surface area contributed by atoms with Crippen LogP contribution in [0.4, 0.5) is 5.69 Å². The molecule has 0 unspecified atom stereocenters. The summed E-state index contributed by atoms with van der Waals surface area (Å²) in [7, 11) is 0. The van der Waals surface area contributed by atoms with E-state index in [1.807, 2.05) is 24.5 Å².